The summed E-state index contributed by atoms with van der Waals surface area (Å²) in [4.78, 5) is 26.3. The number of cyclic esters (lactones) is 1. The number of hydrogen-bond donors (Lipinski definition) is 0. The van der Waals surface area contributed by atoms with Gasteiger partial charge in [-0.2, -0.15) is 8.42 Å². The van der Waals surface area contributed by atoms with Crippen molar-refractivity contribution in [1.29, 1.82) is 0 Å². The number of hydrogen-bond acceptors (Lipinski definition) is 9. The highest BCUT2D eigenvalue weighted by molar-refractivity contribution is 7.87. The van der Waals surface area contributed by atoms with Crippen LogP contribution in [0.2, 0.25) is 5.02 Å². The number of carbonyl (C=O) groups excluding carboxylic acids is 1. The number of rotatable bonds is 7. The normalized spacial score (nSPS) is 14.4. The fourth-order valence-electron chi connectivity index (χ4n) is 3.08. The molecule has 178 valence electrons. The molecular weight excluding hydrogens is 500 g/mol. The van der Waals surface area contributed by atoms with Crippen LogP contribution >= 0.6 is 11.6 Å². The van der Waals surface area contributed by atoms with Crippen LogP contribution in [-0.2, 0) is 19.6 Å². The third kappa shape index (κ3) is 5.15. The topological polar surface area (TPSA) is 134 Å². The van der Waals surface area contributed by atoms with E-state index < -0.39 is 31.6 Å². The maximum Gasteiger partial charge on any atom is 0.363 e. The lowest BCUT2D eigenvalue weighted by molar-refractivity contribution is -0.385. The van der Waals surface area contributed by atoms with E-state index in [4.69, 9.17) is 25.3 Å². The van der Waals surface area contributed by atoms with Gasteiger partial charge in [-0.25, -0.2) is 9.79 Å². The number of carbonyl (C=O) groups is 1. The Morgan fingerprint density at radius 3 is 2.54 bits per heavy atom. The van der Waals surface area contributed by atoms with Crippen LogP contribution in [0.25, 0.3) is 6.08 Å². The van der Waals surface area contributed by atoms with Gasteiger partial charge in [0.25, 0.3) is 5.69 Å². The van der Waals surface area contributed by atoms with E-state index in [9.17, 15) is 23.3 Å². The van der Waals surface area contributed by atoms with Crippen molar-refractivity contribution in [3.05, 3.63) is 98.7 Å². The first-order valence-electron chi connectivity index (χ1n) is 9.82. The lowest BCUT2D eigenvalue weighted by atomic mass is 10.1. The van der Waals surface area contributed by atoms with Crippen molar-refractivity contribution in [2.75, 3.05) is 7.11 Å². The number of benzene rings is 3. The molecule has 12 heteroatoms. The zero-order valence-electron chi connectivity index (χ0n) is 17.9. The number of nitro groups is 1. The summed E-state index contributed by atoms with van der Waals surface area (Å²) in [6.45, 7) is 0. The van der Waals surface area contributed by atoms with Gasteiger partial charge in [-0.3, -0.25) is 10.1 Å². The summed E-state index contributed by atoms with van der Waals surface area (Å²) >= 11 is 6.13. The maximum absolute atomic E-state index is 12.6. The molecule has 0 spiro atoms. The summed E-state index contributed by atoms with van der Waals surface area (Å²) in [5, 5.41) is 11.3. The van der Waals surface area contributed by atoms with E-state index in [1.165, 1.54) is 43.5 Å². The van der Waals surface area contributed by atoms with E-state index in [0.717, 1.165) is 12.1 Å². The first-order chi connectivity index (χ1) is 16.7. The third-order valence-electron chi connectivity index (χ3n) is 4.73. The number of esters is 1. The maximum atomic E-state index is 12.6. The molecule has 1 heterocycles. The van der Waals surface area contributed by atoms with Crippen molar-refractivity contribution >= 4 is 45.3 Å². The molecule has 0 fully saturated rings. The quantitative estimate of drug-likeness (QED) is 0.149. The molecule has 0 saturated carbocycles. The molecule has 0 N–H and O–H groups in total. The predicted octanol–water partition coefficient (Wildman–Crippen LogP) is 4.37. The second-order valence-corrected chi connectivity index (χ2v) is 8.97. The number of nitrogens with zero attached hydrogens (tertiary/aromatic N) is 2. The van der Waals surface area contributed by atoms with E-state index in [1.807, 2.05) is 0 Å². The van der Waals surface area contributed by atoms with Crippen molar-refractivity contribution in [2.45, 2.75) is 4.90 Å². The highest BCUT2D eigenvalue weighted by Gasteiger charge is 2.26. The van der Waals surface area contributed by atoms with Crippen LogP contribution in [0, 0.1) is 10.1 Å². The van der Waals surface area contributed by atoms with Gasteiger partial charge in [0, 0.05) is 12.1 Å². The van der Waals surface area contributed by atoms with Crippen LogP contribution in [0.15, 0.2) is 82.3 Å². The number of non-ortho nitro benzene ring substituents is 1. The number of methoxy groups -OCH3 is 1. The summed E-state index contributed by atoms with van der Waals surface area (Å²) in [6.07, 6.45) is 1.42. The Morgan fingerprint density at radius 2 is 1.83 bits per heavy atom. The van der Waals surface area contributed by atoms with E-state index in [-0.39, 0.29) is 23.1 Å². The molecule has 0 atom stereocenters. The van der Waals surface area contributed by atoms with Gasteiger partial charge in [0.05, 0.1) is 22.6 Å². The SMILES string of the molecule is COc1cc(C=C2N=C(c3ccccc3Cl)OC2=O)ccc1OS(=O)(=O)c1cccc([N+](=O)[O-])c1. The van der Waals surface area contributed by atoms with Crippen LogP contribution in [0.1, 0.15) is 11.1 Å². The van der Waals surface area contributed by atoms with Crippen LogP contribution in [0.3, 0.4) is 0 Å². The fourth-order valence-corrected chi connectivity index (χ4v) is 4.28. The number of aliphatic imine (C=N–C) groups is 1. The molecule has 4 rings (SSSR count). The minimum Gasteiger partial charge on any atom is -0.493 e. The van der Waals surface area contributed by atoms with Crippen molar-refractivity contribution < 1.29 is 31.8 Å². The smallest absolute Gasteiger partial charge is 0.363 e. The molecule has 10 nitrogen and oxygen atoms in total. The van der Waals surface area contributed by atoms with Crippen LogP contribution in [-0.4, -0.2) is 32.3 Å². The Kier molecular flexibility index (Phi) is 6.54. The Labute approximate surface area is 204 Å². The minimum atomic E-state index is -4.40. The Hall–Kier alpha value is -4.22. The van der Waals surface area contributed by atoms with E-state index in [2.05, 4.69) is 4.99 Å². The Morgan fingerprint density at radius 1 is 1.06 bits per heavy atom. The molecule has 1 aliphatic rings. The molecule has 0 unspecified atom stereocenters. The molecule has 0 amide bonds. The van der Waals surface area contributed by atoms with Gasteiger partial charge < -0.3 is 13.7 Å². The Bertz CT molecular complexity index is 1520. The summed E-state index contributed by atoms with van der Waals surface area (Å²) in [7, 11) is -3.09. The fraction of sp³-hybridized carbons (Fsp3) is 0.0435. The van der Waals surface area contributed by atoms with E-state index in [1.54, 1.807) is 24.3 Å². The van der Waals surface area contributed by atoms with Crippen molar-refractivity contribution in [1.82, 2.24) is 0 Å². The third-order valence-corrected chi connectivity index (χ3v) is 6.29. The number of ether oxygens (including phenoxy) is 2. The molecule has 0 aliphatic carbocycles. The van der Waals surface area contributed by atoms with Gasteiger partial charge in [-0.1, -0.05) is 35.9 Å². The monoisotopic (exact) mass is 514 g/mol. The van der Waals surface area contributed by atoms with Crippen molar-refractivity contribution in [3.63, 3.8) is 0 Å². The summed E-state index contributed by atoms with van der Waals surface area (Å²) in [6, 6.07) is 15.4. The molecular formula is C23H15ClN2O8S. The lowest BCUT2D eigenvalue weighted by Gasteiger charge is -2.11. The van der Waals surface area contributed by atoms with Crippen LogP contribution < -0.4 is 8.92 Å². The molecule has 3 aromatic rings. The molecule has 1 aliphatic heterocycles. The summed E-state index contributed by atoms with van der Waals surface area (Å²) < 4.78 is 40.9. The first kappa shape index (κ1) is 23.9. The highest BCUT2D eigenvalue weighted by atomic mass is 35.5. The molecule has 35 heavy (non-hydrogen) atoms. The highest BCUT2D eigenvalue weighted by Crippen LogP contribution is 2.33. The molecule has 0 bridgehead atoms. The van der Waals surface area contributed by atoms with Gasteiger partial charge in [0.2, 0.25) is 5.90 Å². The van der Waals surface area contributed by atoms with Gasteiger partial charge >= 0.3 is 16.1 Å². The predicted molar refractivity (Wildman–Crippen MR) is 126 cm³/mol. The molecule has 0 aromatic heterocycles. The van der Waals surface area contributed by atoms with Gasteiger partial charge in [-0.15, -0.1) is 0 Å². The average Bonchev–Trinajstić information content (AvgIpc) is 3.19. The largest absolute Gasteiger partial charge is 0.493 e. The van der Waals surface area contributed by atoms with E-state index in [0.29, 0.717) is 16.1 Å². The second kappa shape index (κ2) is 9.57. The second-order valence-electron chi connectivity index (χ2n) is 7.02. The van der Waals surface area contributed by atoms with Crippen LogP contribution in [0.5, 0.6) is 11.5 Å². The van der Waals surface area contributed by atoms with Gasteiger partial charge in [-0.05, 0) is 42.0 Å². The Balaban J connectivity index is 1.62. The zero-order valence-corrected chi connectivity index (χ0v) is 19.4. The van der Waals surface area contributed by atoms with E-state index >= 15 is 0 Å². The standard InChI is InChI=1S/C23H15ClN2O8S/c1-32-21-12-14(11-19-23(27)33-22(25-19)17-7-2-3-8-18(17)24)9-10-20(21)34-35(30,31)16-6-4-5-15(13-16)26(28)29/h2-13H,1H3. The zero-order chi connectivity index (χ0) is 25.2. The number of halogens is 1. The molecule has 0 radical (unpaired) electrons. The van der Waals surface area contributed by atoms with Crippen LogP contribution in [0.4, 0.5) is 5.69 Å². The van der Waals surface area contributed by atoms with Crippen molar-refractivity contribution in [3.8, 4) is 11.5 Å². The number of nitro benzene ring substituents is 1. The summed E-state index contributed by atoms with van der Waals surface area (Å²) in [5.74, 6) is -0.750. The molecule has 3 aromatic carbocycles. The van der Waals surface area contributed by atoms with Crippen molar-refractivity contribution in [2.24, 2.45) is 4.99 Å². The lowest BCUT2D eigenvalue weighted by Crippen LogP contribution is -2.10. The van der Waals surface area contributed by atoms with Gasteiger partial charge in [0.1, 0.15) is 4.90 Å². The summed E-state index contributed by atoms with van der Waals surface area (Å²) in [5.41, 5.74) is 0.500. The van der Waals surface area contributed by atoms with Gasteiger partial charge in [0.15, 0.2) is 17.2 Å². The molecule has 0 saturated heterocycles. The first-order valence-corrected chi connectivity index (χ1v) is 11.6. The minimum absolute atomic E-state index is 0.000132. The average molecular weight is 515 g/mol.